The number of benzene rings is 2. The van der Waals surface area contributed by atoms with Gasteiger partial charge in [0, 0.05) is 23.3 Å². The molecule has 2 aromatic carbocycles. The van der Waals surface area contributed by atoms with Gasteiger partial charge >= 0.3 is 0 Å². The summed E-state index contributed by atoms with van der Waals surface area (Å²) in [6.45, 7) is 8.91. The van der Waals surface area contributed by atoms with E-state index in [9.17, 15) is 0 Å². The first kappa shape index (κ1) is 29.8. The van der Waals surface area contributed by atoms with Crippen molar-refractivity contribution in [2.75, 3.05) is 13.2 Å². The number of allylic oxidation sites excluding steroid dienone is 1. The average Bonchev–Trinajstić information content (AvgIpc) is 2.97. The van der Waals surface area contributed by atoms with E-state index in [1.807, 2.05) is 6.07 Å². The number of nitrogens with zero attached hydrogens (tertiary/aromatic N) is 1. The first-order valence-corrected chi connectivity index (χ1v) is 14.9. The minimum absolute atomic E-state index is 0.0627. The lowest BCUT2D eigenvalue weighted by molar-refractivity contribution is -0.238. The van der Waals surface area contributed by atoms with Crippen LogP contribution in [-0.4, -0.2) is 25.4 Å². The molecule has 3 nitrogen and oxygen atoms in total. The number of rotatable bonds is 6. The minimum Gasteiger partial charge on any atom is -0.352 e. The van der Waals surface area contributed by atoms with Gasteiger partial charge in [-0.2, -0.15) is 5.26 Å². The molecule has 1 saturated heterocycles. The van der Waals surface area contributed by atoms with E-state index in [0.29, 0.717) is 49.0 Å². The Labute approximate surface area is 240 Å². The van der Waals surface area contributed by atoms with Crippen LogP contribution in [0.5, 0.6) is 0 Å². The fourth-order valence-electron chi connectivity index (χ4n) is 7.00. The summed E-state index contributed by atoms with van der Waals surface area (Å²) in [7, 11) is 0. The summed E-state index contributed by atoms with van der Waals surface area (Å²) < 4.78 is 73.7. The summed E-state index contributed by atoms with van der Waals surface area (Å²) in [6.07, 6.45) is 6.22. The van der Waals surface area contributed by atoms with Crippen molar-refractivity contribution in [3.8, 4) is 17.2 Å². The second-order valence-electron chi connectivity index (χ2n) is 12.5. The molecule has 0 unspecified atom stereocenters. The number of halogens is 4. The van der Waals surface area contributed by atoms with Crippen LogP contribution in [0, 0.1) is 59.5 Å². The lowest BCUT2D eigenvalue weighted by Gasteiger charge is -2.41. The molecule has 1 aliphatic heterocycles. The van der Waals surface area contributed by atoms with Gasteiger partial charge in [-0.3, -0.25) is 0 Å². The minimum atomic E-state index is -3.31. The molecule has 7 heteroatoms. The van der Waals surface area contributed by atoms with Gasteiger partial charge in [-0.1, -0.05) is 32.4 Å². The number of hydrogen-bond acceptors (Lipinski definition) is 3. The van der Waals surface area contributed by atoms with E-state index >= 15 is 17.6 Å². The Morgan fingerprint density at radius 1 is 0.878 bits per heavy atom. The van der Waals surface area contributed by atoms with Gasteiger partial charge in [-0.15, -0.1) is 0 Å². The van der Waals surface area contributed by atoms with Crippen LogP contribution in [0.3, 0.4) is 0 Å². The van der Waals surface area contributed by atoms with Crippen LogP contribution in [0.1, 0.15) is 75.0 Å². The van der Waals surface area contributed by atoms with Crippen molar-refractivity contribution in [1.29, 1.82) is 5.26 Å². The first-order chi connectivity index (χ1) is 19.6. The monoisotopic (exact) mass is 569 g/mol. The van der Waals surface area contributed by atoms with Crippen molar-refractivity contribution in [2.24, 2.45) is 29.6 Å². The summed E-state index contributed by atoms with van der Waals surface area (Å²) in [5.74, 6) is -4.26. The number of alkyl halides is 2. The maximum Gasteiger partial charge on any atom is 0.276 e. The zero-order valence-corrected chi connectivity index (χ0v) is 23.9. The third-order valence-corrected chi connectivity index (χ3v) is 9.77. The van der Waals surface area contributed by atoms with Crippen molar-refractivity contribution in [1.82, 2.24) is 0 Å². The van der Waals surface area contributed by atoms with E-state index in [2.05, 4.69) is 13.5 Å². The van der Waals surface area contributed by atoms with E-state index in [1.54, 1.807) is 6.92 Å². The van der Waals surface area contributed by atoms with Crippen LogP contribution in [0.4, 0.5) is 17.6 Å². The molecule has 0 bridgehead atoms. The Kier molecular flexibility index (Phi) is 8.92. The molecule has 0 atom stereocenters. The third-order valence-electron chi connectivity index (χ3n) is 9.77. The Bertz CT molecular complexity index is 1270. The van der Waals surface area contributed by atoms with Crippen molar-refractivity contribution in [3.05, 3.63) is 65.2 Å². The number of aryl methyl sites for hydroxylation is 1. The van der Waals surface area contributed by atoms with E-state index in [0.717, 1.165) is 18.1 Å². The van der Waals surface area contributed by atoms with Gasteiger partial charge in [0.1, 0.15) is 11.6 Å². The van der Waals surface area contributed by atoms with E-state index in [1.165, 1.54) is 43.9 Å². The average molecular weight is 570 g/mol. The van der Waals surface area contributed by atoms with Gasteiger partial charge in [0.2, 0.25) is 0 Å². The molecule has 0 radical (unpaired) electrons. The van der Waals surface area contributed by atoms with Crippen molar-refractivity contribution >= 4 is 5.57 Å². The highest BCUT2D eigenvalue weighted by atomic mass is 19.3. The smallest absolute Gasteiger partial charge is 0.276 e. The molecule has 2 saturated carbocycles. The highest BCUT2D eigenvalue weighted by molar-refractivity contribution is 5.74. The standard InChI is InChI=1S/C34H39F4NO2/c1-20-4-6-23(7-5-20)28-18-40-33(41-19-28)24-10-12-29(13-11-24)34(37,38)22(3)27-15-30(35)32(31(36)16-27)25-8-9-26(17-39)21(2)14-25/h8-9,14-16,20,23-24,28-29,33H,3-7,10-13,18-19H2,1-2H3. The zero-order chi connectivity index (χ0) is 29.3. The molecule has 0 amide bonds. The third kappa shape index (κ3) is 6.24. The van der Waals surface area contributed by atoms with Crippen LogP contribution in [0.25, 0.3) is 16.7 Å². The fraction of sp³-hybridized carbons (Fsp3) is 0.559. The predicted octanol–water partition coefficient (Wildman–Crippen LogP) is 9.08. The summed E-state index contributed by atoms with van der Waals surface area (Å²) in [6, 6.07) is 8.32. The van der Waals surface area contributed by atoms with E-state index in [-0.39, 0.29) is 41.7 Å². The van der Waals surface area contributed by atoms with Crippen LogP contribution in [-0.2, 0) is 9.47 Å². The lowest BCUT2D eigenvalue weighted by atomic mass is 9.75. The van der Waals surface area contributed by atoms with Gasteiger partial charge in [0.25, 0.3) is 5.92 Å². The molecule has 2 aromatic rings. The van der Waals surface area contributed by atoms with Gasteiger partial charge in [0.15, 0.2) is 6.29 Å². The molecule has 5 rings (SSSR count). The second-order valence-corrected chi connectivity index (χ2v) is 12.5. The highest BCUT2D eigenvalue weighted by Gasteiger charge is 2.46. The summed E-state index contributed by atoms with van der Waals surface area (Å²) >= 11 is 0. The fourth-order valence-corrected chi connectivity index (χ4v) is 7.00. The molecule has 3 aliphatic rings. The predicted molar refractivity (Wildman–Crippen MR) is 151 cm³/mol. The van der Waals surface area contributed by atoms with Gasteiger partial charge in [-0.05, 0) is 98.2 Å². The lowest BCUT2D eigenvalue weighted by Crippen LogP contribution is -2.42. The van der Waals surface area contributed by atoms with Crippen molar-refractivity contribution in [2.45, 2.75) is 77.4 Å². The van der Waals surface area contributed by atoms with Gasteiger partial charge in [-0.25, -0.2) is 17.6 Å². The molecule has 0 spiro atoms. The zero-order valence-electron chi connectivity index (χ0n) is 23.9. The highest BCUT2D eigenvalue weighted by Crippen LogP contribution is 2.47. The van der Waals surface area contributed by atoms with Crippen LogP contribution >= 0.6 is 0 Å². The first-order valence-electron chi connectivity index (χ1n) is 14.9. The van der Waals surface area contributed by atoms with Crippen molar-refractivity contribution < 1.29 is 27.0 Å². The normalized spacial score (nSPS) is 29.1. The maximum absolute atomic E-state index is 15.6. The molecule has 2 aliphatic carbocycles. The molecule has 1 heterocycles. The van der Waals surface area contributed by atoms with Crippen LogP contribution < -0.4 is 0 Å². The van der Waals surface area contributed by atoms with E-state index < -0.39 is 29.0 Å². The van der Waals surface area contributed by atoms with Crippen LogP contribution in [0.15, 0.2) is 36.9 Å². The van der Waals surface area contributed by atoms with E-state index in [4.69, 9.17) is 14.7 Å². The molecule has 3 fully saturated rings. The quantitative estimate of drug-likeness (QED) is 0.326. The Morgan fingerprint density at radius 2 is 1.46 bits per heavy atom. The Hall–Kier alpha value is -2.69. The van der Waals surface area contributed by atoms with Gasteiger partial charge in [0.05, 0.1) is 30.4 Å². The molecule has 0 aromatic heterocycles. The second kappa shape index (κ2) is 12.3. The Balaban J connectivity index is 1.19. The SMILES string of the molecule is C=C(c1cc(F)c(-c2ccc(C#N)c(C)c2)c(F)c1)C(F)(F)C1CCC(C2OCC(C3CCC(C)CC3)CO2)CC1. The number of nitriles is 1. The number of ether oxygens (including phenoxy) is 2. The molecule has 0 N–H and O–H groups in total. The maximum atomic E-state index is 15.6. The summed E-state index contributed by atoms with van der Waals surface area (Å²) in [5.41, 5.74) is 0.0757. The van der Waals surface area contributed by atoms with Crippen molar-refractivity contribution in [3.63, 3.8) is 0 Å². The Morgan fingerprint density at radius 3 is 2.02 bits per heavy atom. The largest absolute Gasteiger partial charge is 0.352 e. The topological polar surface area (TPSA) is 42.2 Å². The van der Waals surface area contributed by atoms with Crippen LogP contribution in [0.2, 0.25) is 0 Å². The molecule has 220 valence electrons. The molecular formula is C34H39F4NO2. The van der Waals surface area contributed by atoms with Gasteiger partial charge < -0.3 is 9.47 Å². The molecular weight excluding hydrogens is 530 g/mol. The number of hydrogen-bond donors (Lipinski definition) is 0. The summed E-state index contributed by atoms with van der Waals surface area (Å²) in [5, 5.41) is 9.12. The summed E-state index contributed by atoms with van der Waals surface area (Å²) in [4.78, 5) is 0. The molecule has 41 heavy (non-hydrogen) atoms.